The topological polar surface area (TPSA) is 101 Å². The van der Waals surface area contributed by atoms with E-state index in [-0.39, 0.29) is 27.0 Å². The number of halogens is 3. The van der Waals surface area contributed by atoms with Crippen LogP contribution in [0.25, 0.3) is 10.4 Å². The maximum atomic E-state index is 13.5. The van der Waals surface area contributed by atoms with Gasteiger partial charge in [0.25, 0.3) is 0 Å². The number of nitrogens with two attached hydrogens (primary N) is 1. The maximum absolute atomic E-state index is 13.5. The van der Waals surface area contributed by atoms with Gasteiger partial charge in [0.1, 0.15) is 11.4 Å². The summed E-state index contributed by atoms with van der Waals surface area (Å²) < 4.78 is 96.4. The van der Waals surface area contributed by atoms with Crippen LogP contribution in [-0.2, 0) is 10.2 Å². The summed E-state index contributed by atoms with van der Waals surface area (Å²) in [6, 6.07) is -2.41. The van der Waals surface area contributed by atoms with Gasteiger partial charge in [0.15, 0.2) is 5.13 Å². The number of urea groups is 1. The minimum absolute atomic E-state index is 0.235. The fourth-order valence-electron chi connectivity index (χ4n) is 2.50. The first-order valence-electron chi connectivity index (χ1n) is 12.0. The molecule has 1 saturated heterocycles. The van der Waals surface area contributed by atoms with E-state index in [1.807, 2.05) is 0 Å². The fraction of sp³-hybridized carbons (Fsp3) is 0.474. The highest BCUT2D eigenvalue weighted by molar-refractivity contribution is 7.19. The van der Waals surface area contributed by atoms with E-state index in [4.69, 9.17) is 15.3 Å². The lowest BCUT2D eigenvalue weighted by molar-refractivity contribution is -0.181. The second-order valence-corrected chi connectivity index (χ2v) is 7.83. The molecular weight excluding hydrogens is 419 g/mol. The van der Waals surface area contributed by atoms with Crippen molar-refractivity contribution < 1.29 is 32.4 Å². The lowest BCUT2D eigenvalue weighted by Gasteiger charge is -2.27. The SMILES string of the molecule is [2H]C1([2H])N(C(=O)Nc2nc(C)c(-c3ccnc(C(C)(C)C(F)(F)F)c3)s2)[C@]([2H])(C(N)=O)C([2H])([2H])C1([2H])[2H]. The summed E-state index contributed by atoms with van der Waals surface area (Å²) in [4.78, 5) is 33.1. The molecule has 3 N–H and O–H groups in total. The van der Waals surface area contributed by atoms with Gasteiger partial charge < -0.3 is 10.6 Å². The summed E-state index contributed by atoms with van der Waals surface area (Å²) in [5.41, 5.74) is 3.13. The molecule has 0 bridgehead atoms. The Bertz CT molecular complexity index is 1270. The lowest BCUT2D eigenvalue weighted by Crippen LogP contribution is -2.45. The number of thiazole rings is 1. The van der Waals surface area contributed by atoms with E-state index in [1.54, 1.807) is 0 Å². The highest BCUT2D eigenvalue weighted by atomic mass is 32.1. The van der Waals surface area contributed by atoms with Gasteiger partial charge in [-0.15, -0.1) is 0 Å². The van der Waals surface area contributed by atoms with Gasteiger partial charge >= 0.3 is 12.2 Å². The summed E-state index contributed by atoms with van der Waals surface area (Å²) in [6.45, 7) is -0.0639. The van der Waals surface area contributed by atoms with E-state index in [0.717, 1.165) is 25.2 Å². The number of hydrogen-bond acceptors (Lipinski definition) is 5. The molecule has 0 aliphatic carbocycles. The van der Waals surface area contributed by atoms with Crippen LogP contribution in [0.5, 0.6) is 0 Å². The van der Waals surface area contributed by atoms with Crippen LogP contribution in [0.1, 0.15) is 47.6 Å². The molecule has 0 saturated carbocycles. The minimum Gasteiger partial charge on any atom is -0.368 e. The zero-order valence-electron chi connectivity index (χ0n) is 23.0. The van der Waals surface area contributed by atoms with Crippen molar-refractivity contribution >= 4 is 28.4 Å². The molecule has 1 aliphatic rings. The average molecular weight is 449 g/mol. The number of hydrogen-bond donors (Lipinski definition) is 2. The number of carbonyl (C=O) groups excluding carboxylic acids is 2. The standard InChI is InChI=1S/C19H22F3N5O2S/c1-10-14(11-6-7-24-13(9-11)18(2,3)19(20,21)22)30-16(25-10)26-17(29)27-8-4-5-12(27)15(23)28/h6-7,9,12H,4-5,8H2,1-3H3,(H2,23,28)(H,25,26,29)/t12-/m0/s1/i4D2,5D2,8D2,12D. The summed E-state index contributed by atoms with van der Waals surface area (Å²) in [7, 11) is 0. The summed E-state index contributed by atoms with van der Waals surface area (Å²) in [5, 5.41) is 1.89. The van der Waals surface area contributed by atoms with E-state index < -0.39 is 48.8 Å². The molecule has 0 aromatic carbocycles. The molecule has 2 aromatic heterocycles. The molecule has 162 valence electrons. The first kappa shape index (κ1) is 14.3. The van der Waals surface area contributed by atoms with Crippen LogP contribution in [-0.4, -0.2) is 45.5 Å². The summed E-state index contributed by atoms with van der Waals surface area (Å²) in [5.74, 6) is -1.80. The molecular formula is C19H22F3N5O2S. The number of aromatic nitrogens is 2. The third-order valence-electron chi connectivity index (χ3n) is 4.39. The van der Waals surface area contributed by atoms with Gasteiger partial charge in [0.2, 0.25) is 5.91 Å². The Hall–Kier alpha value is -2.69. The molecule has 11 heteroatoms. The van der Waals surface area contributed by atoms with Gasteiger partial charge in [-0.3, -0.25) is 15.1 Å². The van der Waals surface area contributed by atoms with E-state index in [1.165, 1.54) is 25.3 Å². The van der Waals surface area contributed by atoms with Gasteiger partial charge in [0.05, 0.1) is 17.6 Å². The first-order valence-corrected chi connectivity index (χ1v) is 9.29. The average Bonchev–Trinajstić information content (AvgIpc) is 3.14. The minimum atomic E-state index is -4.59. The number of nitrogens with zero attached hydrogens (tertiary/aromatic N) is 3. The van der Waals surface area contributed by atoms with E-state index in [9.17, 15) is 22.8 Å². The second kappa shape index (κ2) is 7.86. The van der Waals surface area contributed by atoms with Crippen LogP contribution in [0, 0.1) is 6.92 Å². The van der Waals surface area contributed by atoms with Crippen molar-refractivity contribution in [2.75, 3.05) is 11.8 Å². The Morgan fingerprint density at radius 2 is 2.13 bits per heavy atom. The third-order valence-corrected chi connectivity index (χ3v) is 5.51. The number of aryl methyl sites for hydroxylation is 1. The van der Waals surface area contributed by atoms with Crippen molar-refractivity contribution in [1.29, 1.82) is 0 Å². The number of nitrogens with one attached hydrogen (secondary N) is 1. The van der Waals surface area contributed by atoms with Crippen LogP contribution in [0.3, 0.4) is 0 Å². The van der Waals surface area contributed by atoms with Crippen molar-refractivity contribution in [2.45, 2.75) is 51.1 Å². The van der Waals surface area contributed by atoms with Crippen molar-refractivity contribution in [1.82, 2.24) is 14.9 Å². The zero-order valence-corrected chi connectivity index (χ0v) is 16.8. The monoisotopic (exact) mass is 448 g/mol. The van der Waals surface area contributed by atoms with Gasteiger partial charge in [-0.1, -0.05) is 11.3 Å². The van der Waals surface area contributed by atoms with Crippen molar-refractivity contribution in [3.63, 3.8) is 0 Å². The predicted molar refractivity (Wildman–Crippen MR) is 107 cm³/mol. The molecule has 0 spiro atoms. The molecule has 3 amide bonds. The zero-order chi connectivity index (χ0) is 28.6. The molecule has 30 heavy (non-hydrogen) atoms. The Labute approximate surface area is 185 Å². The largest absolute Gasteiger partial charge is 0.399 e. The van der Waals surface area contributed by atoms with Gasteiger partial charge in [0, 0.05) is 20.9 Å². The van der Waals surface area contributed by atoms with E-state index in [0.29, 0.717) is 4.88 Å². The highest BCUT2D eigenvalue weighted by Gasteiger charge is 2.49. The number of anilines is 1. The number of primary amides is 1. The maximum Gasteiger partial charge on any atom is 0.399 e. The second-order valence-electron chi connectivity index (χ2n) is 6.83. The van der Waals surface area contributed by atoms with Crippen molar-refractivity contribution in [3.05, 3.63) is 29.7 Å². The number of amides is 3. The molecule has 3 rings (SSSR count). The first-order chi connectivity index (χ1) is 16.5. The van der Waals surface area contributed by atoms with Crippen molar-refractivity contribution in [3.8, 4) is 10.4 Å². The van der Waals surface area contributed by atoms with E-state index in [2.05, 4.69) is 15.3 Å². The quantitative estimate of drug-likeness (QED) is 0.742. The molecule has 1 fully saturated rings. The summed E-state index contributed by atoms with van der Waals surface area (Å²) in [6.07, 6.45) is -10.5. The molecule has 0 radical (unpaired) electrons. The lowest BCUT2D eigenvalue weighted by atomic mass is 9.87. The Morgan fingerprint density at radius 3 is 2.77 bits per heavy atom. The molecule has 7 nitrogen and oxygen atoms in total. The van der Waals surface area contributed by atoms with Gasteiger partial charge in [-0.05, 0) is 51.2 Å². The number of likely N-dealkylation sites (tertiary alicyclic amines) is 1. The van der Waals surface area contributed by atoms with Crippen LogP contribution >= 0.6 is 11.3 Å². The molecule has 2 aromatic rings. The van der Waals surface area contributed by atoms with Crippen molar-refractivity contribution in [2.24, 2.45) is 5.73 Å². The normalized spacial score (nSPS) is 28.2. The van der Waals surface area contributed by atoms with Crippen LogP contribution in [0.15, 0.2) is 18.3 Å². The van der Waals surface area contributed by atoms with Crippen LogP contribution in [0.2, 0.25) is 0 Å². The Kier molecular flexibility index (Phi) is 3.76. The molecule has 1 aliphatic heterocycles. The Balaban J connectivity index is 2.01. The number of rotatable bonds is 4. The van der Waals surface area contributed by atoms with Crippen LogP contribution < -0.4 is 11.1 Å². The molecule has 0 unspecified atom stereocenters. The summed E-state index contributed by atoms with van der Waals surface area (Å²) >= 11 is 0.769. The smallest absolute Gasteiger partial charge is 0.368 e. The number of carbonyl (C=O) groups is 2. The third kappa shape index (κ3) is 4.11. The fourth-order valence-corrected chi connectivity index (χ4v) is 3.46. The Morgan fingerprint density at radius 1 is 1.43 bits per heavy atom. The molecule has 3 heterocycles. The van der Waals surface area contributed by atoms with Gasteiger partial charge in [-0.2, -0.15) is 13.2 Å². The molecule has 1 atom stereocenters. The predicted octanol–water partition coefficient (Wildman–Crippen LogP) is 3.84. The van der Waals surface area contributed by atoms with E-state index >= 15 is 0 Å². The van der Waals surface area contributed by atoms with Gasteiger partial charge in [-0.25, -0.2) is 9.78 Å². The number of alkyl halides is 3. The highest BCUT2D eigenvalue weighted by Crippen LogP contribution is 2.41. The number of pyridine rings is 1. The van der Waals surface area contributed by atoms with Crippen LogP contribution in [0.4, 0.5) is 23.1 Å².